The zero-order chi connectivity index (χ0) is 13.8. The number of aliphatic carboxylic acids is 1. The highest BCUT2D eigenvalue weighted by molar-refractivity contribution is 7.46. The number of para-hydroxylation sites is 1. The van der Waals surface area contributed by atoms with Crippen molar-refractivity contribution in [1.82, 2.24) is 0 Å². The van der Waals surface area contributed by atoms with Gasteiger partial charge in [-0.05, 0) is 18.6 Å². The van der Waals surface area contributed by atoms with E-state index in [-0.39, 0.29) is 0 Å². The number of anilines is 1. The fourth-order valence-electron chi connectivity index (χ4n) is 1.27. The Kier molecular flexibility index (Phi) is 4.86. The summed E-state index contributed by atoms with van der Waals surface area (Å²) >= 11 is 0. The summed E-state index contributed by atoms with van der Waals surface area (Å²) in [4.78, 5) is 28.0. The maximum atomic E-state index is 10.9. The summed E-state index contributed by atoms with van der Waals surface area (Å²) in [5.74, 6) is -1.26. The van der Waals surface area contributed by atoms with Gasteiger partial charge in [0, 0.05) is 5.69 Å². The van der Waals surface area contributed by atoms with E-state index in [1.807, 2.05) is 0 Å². The van der Waals surface area contributed by atoms with Crippen molar-refractivity contribution in [2.75, 3.05) is 11.9 Å². The number of nitrogens with one attached hydrogen (secondary N) is 1. The van der Waals surface area contributed by atoms with Crippen molar-refractivity contribution in [2.24, 2.45) is 0 Å². The monoisotopic (exact) mass is 275 g/mol. The lowest BCUT2D eigenvalue weighted by Crippen LogP contribution is -2.33. The Hall–Kier alpha value is -1.40. The molecule has 0 amide bonds. The van der Waals surface area contributed by atoms with E-state index in [4.69, 9.17) is 14.9 Å². The van der Waals surface area contributed by atoms with Gasteiger partial charge in [0.1, 0.15) is 6.04 Å². The van der Waals surface area contributed by atoms with Crippen LogP contribution in [0.5, 0.6) is 0 Å². The molecule has 0 aromatic heterocycles. The van der Waals surface area contributed by atoms with Crippen LogP contribution in [0.3, 0.4) is 0 Å². The molecule has 1 atom stereocenters. The number of rotatable bonds is 6. The molecule has 0 aliphatic carbocycles. The summed E-state index contributed by atoms with van der Waals surface area (Å²) in [5, 5.41) is 11.6. The molecule has 0 spiro atoms. The number of hydrogen-bond acceptors (Lipinski definition) is 4. The molecule has 7 nitrogen and oxygen atoms in total. The third kappa shape index (κ3) is 4.85. The first-order chi connectivity index (χ1) is 8.29. The molecule has 1 rings (SSSR count). The first kappa shape index (κ1) is 14.7. The van der Waals surface area contributed by atoms with Crippen molar-refractivity contribution in [2.45, 2.75) is 13.0 Å². The maximum Gasteiger partial charge on any atom is 0.469 e. The molecule has 0 aliphatic heterocycles. The summed E-state index contributed by atoms with van der Waals surface area (Å²) in [6, 6.07) is 5.73. The standard InChI is InChI=1S/C10H14NO6P/c1-7-4-2-3-5-8(7)11-9(10(12)13)6-17-18(14,15)16/h2-5,9,11H,6H2,1H3,(H,12,13)(H2,14,15,16)/t9-/m0/s1. The number of carbonyl (C=O) groups is 1. The quantitative estimate of drug-likeness (QED) is 0.571. The minimum absolute atomic E-state index is 0.569. The molecule has 1 aromatic rings. The second kappa shape index (κ2) is 5.97. The molecule has 0 heterocycles. The predicted molar refractivity (Wildman–Crippen MR) is 64.2 cm³/mol. The summed E-state index contributed by atoms with van der Waals surface area (Å²) in [6.45, 7) is 1.15. The fraction of sp³-hybridized carbons (Fsp3) is 0.300. The van der Waals surface area contributed by atoms with Crippen LogP contribution in [-0.2, 0) is 13.9 Å². The van der Waals surface area contributed by atoms with Gasteiger partial charge in [0.25, 0.3) is 0 Å². The van der Waals surface area contributed by atoms with Crippen LogP contribution < -0.4 is 5.32 Å². The third-order valence-electron chi connectivity index (χ3n) is 2.18. The molecular formula is C10H14NO6P. The Morgan fingerprint density at radius 2 is 2.06 bits per heavy atom. The third-order valence-corrected chi connectivity index (χ3v) is 2.67. The molecular weight excluding hydrogens is 261 g/mol. The number of carboxylic acid groups (broad SMARTS) is 1. The first-order valence-corrected chi connectivity index (χ1v) is 6.57. The van der Waals surface area contributed by atoms with Gasteiger partial charge in [0.05, 0.1) is 6.61 Å². The summed E-state index contributed by atoms with van der Waals surface area (Å²) in [5.41, 5.74) is 1.39. The minimum Gasteiger partial charge on any atom is -0.480 e. The highest BCUT2D eigenvalue weighted by Crippen LogP contribution is 2.35. The van der Waals surface area contributed by atoms with Gasteiger partial charge in [-0.3, -0.25) is 4.52 Å². The van der Waals surface area contributed by atoms with E-state index in [0.29, 0.717) is 5.69 Å². The Balaban J connectivity index is 2.73. The number of carboxylic acids is 1. The van der Waals surface area contributed by atoms with Crippen LogP contribution in [0.1, 0.15) is 5.56 Å². The predicted octanol–water partition coefficient (Wildman–Crippen LogP) is 0.969. The van der Waals surface area contributed by atoms with E-state index in [2.05, 4.69) is 9.84 Å². The molecule has 0 unspecified atom stereocenters. The van der Waals surface area contributed by atoms with Crippen LogP contribution in [-0.4, -0.2) is 33.5 Å². The minimum atomic E-state index is -4.68. The van der Waals surface area contributed by atoms with Crippen molar-refractivity contribution >= 4 is 19.5 Å². The van der Waals surface area contributed by atoms with Crippen molar-refractivity contribution in [3.05, 3.63) is 29.8 Å². The topological polar surface area (TPSA) is 116 Å². The first-order valence-electron chi connectivity index (χ1n) is 5.04. The van der Waals surface area contributed by atoms with Crippen LogP contribution in [0.4, 0.5) is 5.69 Å². The van der Waals surface area contributed by atoms with Crippen molar-refractivity contribution < 1.29 is 28.8 Å². The van der Waals surface area contributed by atoms with Crippen LogP contribution >= 0.6 is 7.82 Å². The SMILES string of the molecule is Cc1ccccc1N[C@@H](COP(=O)(O)O)C(=O)O. The van der Waals surface area contributed by atoms with Crippen molar-refractivity contribution in [3.8, 4) is 0 Å². The molecule has 18 heavy (non-hydrogen) atoms. The van der Waals surface area contributed by atoms with Crippen LogP contribution in [0.2, 0.25) is 0 Å². The van der Waals surface area contributed by atoms with Gasteiger partial charge < -0.3 is 20.2 Å². The second-order valence-electron chi connectivity index (χ2n) is 3.64. The van der Waals surface area contributed by atoms with Gasteiger partial charge in [-0.1, -0.05) is 18.2 Å². The van der Waals surface area contributed by atoms with Gasteiger partial charge in [0.2, 0.25) is 0 Å². The lowest BCUT2D eigenvalue weighted by Gasteiger charge is -2.17. The number of phosphoric acid groups is 1. The largest absolute Gasteiger partial charge is 0.480 e. The van der Waals surface area contributed by atoms with E-state index in [1.165, 1.54) is 0 Å². The van der Waals surface area contributed by atoms with Gasteiger partial charge in [-0.25, -0.2) is 9.36 Å². The van der Waals surface area contributed by atoms with E-state index in [0.717, 1.165) is 5.56 Å². The second-order valence-corrected chi connectivity index (χ2v) is 4.88. The lowest BCUT2D eigenvalue weighted by molar-refractivity contribution is -0.138. The van der Waals surface area contributed by atoms with Crippen molar-refractivity contribution in [3.63, 3.8) is 0 Å². The summed E-state index contributed by atoms with van der Waals surface area (Å²) < 4.78 is 14.7. The van der Waals surface area contributed by atoms with E-state index in [9.17, 15) is 9.36 Å². The molecule has 0 fully saturated rings. The highest BCUT2D eigenvalue weighted by atomic mass is 31.2. The van der Waals surface area contributed by atoms with E-state index < -0.39 is 26.4 Å². The Morgan fingerprint density at radius 3 is 2.56 bits per heavy atom. The summed E-state index contributed by atoms with van der Waals surface area (Å²) in [6.07, 6.45) is 0. The Morgan fingerprint density at radius 1 is 1.44 bits per heavy atom. The number of phosphoric ester groups is 1. The maximum absolute atomic E-state index is 10.9. The molecule has 100 valence electrons. The molecule has 0 saturated carbocycles. The van der Waals surface area contributed by atoms with Crippen molar-refractivity contribution in [1.29, 1.82) is 0 Å². The van der Waals surface area contributed by atoms with Gasteiger partial charge in [-0.15, -0.1) is 0 Å². The number of hydrogen-bond donors (Lipinski definition) is 4. The average Bonchev–Trinajstić information content (AvgIpc) is 2.24. The zero-order valence-corrected chi connectivity index (χ0v) is 10.5. The zero-order valence-electron chi connectivity index (χ0n) is 9.61. The van der Waals surface area contributed by atoms with E-state index >= 15 is 0 Å². The lowest BCUT2D eigenvalue weighted by atomic mass is 10.2. The average molecular weight is 275 g/mol. The molecule has 8 heteroatoms. The molecule has 0 radical (unpaired) electrons. The normalized spacial score (nSPS) is 13.1. The van der Waals surface area contributed by atoms with Gasteiger partial charge in [0.15, 0.2) is 0 Å². The van der Waals surface area contributed by atoms with Crippen LogP contribution in [0.15, 0.2) is 24.3 Å². The van der Waals surface area contributed by atoms with Crippen LogP contribution in [0, 0.1) is 6.92 Å². The molecule has 0 bridgehead atoms. The molecule has 0 aliphatic rings. The smallest absolute Gasteiger partial charge is 0.469 e. The Labute approximate surface area is 104 Å². The van der Waals surface area contributed by atoms with Gasteiger partial charge in [-0.2, -0.15) is 0 Å². The summed E-state index contributed by atoms with van der Waals surface area (Å²) in [7, 11) is -4.68. The number of aryl methyl sites for hydroxylation is 1. The number of benzene rings is 1. The van der Waals surface area contributed by atoms with E-state index in [1.54, 1.807) is 31.2 Å². The van der Waals surface area contributed by atoms with Crippen LogP contribution in [0.25, 0.3) is 0 Å². The Bertz CT molecular complexity index is 471. The highest BCUT2D eigenvalue weighted by Gasteiger charge is 2.23. The molecule has 0 saturated heterocycles. The van der Waals surface area contributed by atoms with Gasteiger partial charge >= 0.3 is 13.8 Å². The fourth-order valence-corrected chi connectivity index (χ4v) is 1.61. The molecule has 1 aromatic carbocycles. The molecule has 4 N–H and O–H groups in total.